The van der Waals surface area contributed by atoms with E-state index >= 15 is 0 Å². The fraction of sp³-hybridized carbons (Fsp3) is 0.708. The quantitative estimate of drug-likeness (QED) is 0.340. The van der Waals surface area contributed by atoms with Gasteiger partial charge >= 0.3 is 21.7 Å². The predicted molar refractivity (Wildman–Crippen MR) is 127 cm³/mol. The van der Waals surface area contributed by atoms with Crippen LogP contribution < -0.4 is 0 Å². The van der Waals surface area contributed by atoms with Gasteiger partial charge in [0.2, 0.25) is 0 Å². The number of rotatable bonds is 3. The fourth-order valence-corrected chi connectivity index (χ4v) is 10.3. The normalized spacial score (nSPS) is 32.3. The second-order valence-electron chi connectivity index (χ2n) is 10.0. The summed E-state index contributed by atoms with van der Waals surface area (Å²) in [5, 5.41) is 0. The van der Waals surface area contributed by atoms with E-state index in [4.69, 9.17) is 4.98 Å². The van der Waals surface area contributed by atoms with E-state index in [1.807, 2.05) is 0 Å². The third-order valence-corrected chi connectivity index (χ3v) is 10.4. The van der Waals surface area contributed by atoms with Gasteiger partial charge in [-0.15, -0.1) is 5.54 Å². The topological polar surface area (TPSA) is 17.3 Å². The minimum absolute atomic E-state index is 0. The van der Waals surface area contributed by atoms with Gasteiger partial charge in [0.05, 0.1) is 0 Å². The van der Waals surface area contributed by atoms with Crippen molar-refractivity contribution in [1.82, 2.24) is 4.90 Å². The Hall–Kier alpha value is 0.331. The van der Waals surface area contributed by atoms with Gasteiger partial charge < -0.3 is 27.3 Å². The van der Waals surface area contributed by atoms with Crippen LogP contribution in [0.1, 0.15) is 53.4 Å². The molecule has 0 amide bonds. The number of hydrogen-bond acceptors (Lipinski definition) is 1. The van der Waals surface area contributed by atoms with Gasteiger partial charge in [0.25, 0.3) is 0 Å². The molecule has 1 spiro atoms. The van der Waals surface area contributed by atoms with Crippen LogP contribution in [0.5, 0.6) is 0 Å². The van der Waals surface area contributed by atoms with Crippen LogP contribution in [0.25, 0.3) is 4.98 Å². The Labute approximate surface area is 194 Å². The van der Waals surface area contributed by atoms with Crippen LogP contribution in [0.15, 0.2) is 24.3 Å². The van der Waals surface area contributed by atoms with E-state index in [0.717, 1.165) is 11.5 Å². The third kappa shape index (κ3) is 6.17. The molecule has 1 aliphatic heterocycles. The summed E-state index contributed by atoms with van der Waals surface area (Å²) in [6.45, 7) is 17.0. The van der Waals surface area contributed by atoms with E-state index in [2.05, 4.69) is 70.0 Å². The second-order valence-corrected chi connectivity index (χ2v) is 14.3. The van der Waals surface area contributed by atoms with E-state index < -0.39 is 8.24 Å². The minimum atomic E-state index is -1.63. The van der Waals surface area contributed by atoms with Crippen molar-refractivity contribution in [2.75, 3.05) is 13.1 Å². The molecule has 0 aromatic heterocycles. The maximum atomic E-state index is 5.39. The van der Waals surface area contributed by atoms with Crippen LogP contribution in [-0.4, -0.2) is 37.8 Å². The Balaban J connectivity index is 0. The Bertz CT molecular complexity index is 517. The van der Waals surface area contributed by atoms with Gasteiger partial charge in [-0.1, -0.05) is 78.9 Å². The van der Waals surface area contributed by atoms with Crippen molar-refractivity contribution >= 4 is 8.24 Å². The van der Waals surface area contributed by atoms with Crippen molar-refractivity contribution in [2.45, 2.75) is 83.6 Å². The van der Waals surface area contributed by atoms with Gasteiger partial charge in [-0.05, 0) is 44.7 Å². The molecule has 0 aromatic carbocycles. The largest absolute Gasteiger partial charge is 4.00 e. The summed E-state index contributed by atoms with van der Waals surface area (Å²) in [5.41, 5.74) is 1.25. The summed E-state index contributed by atoms with van der Waals surface area (Å²) >= 11 is 0. The first-order valence-corrected chi connectivity index (χ1v) is 13.0. The molecule has 2 aliphatic carbocycles. The first-order valence-electron chi connectivity index (χ1n) is 9.97. The molecule has 2 fully saturated rings. The fourth-order valence-electron chi connectivity index (χ4n) is 6.07. The summed E-state index contributed by atoms with van der Waals surface area (Å²) < 4.78 is 0. The Morgan fingerprint density at radius 1 is 1.04 bits per heavy atom. The molecule has 0 N–H and O–H groups in total. The first kappa shape index (κ1) is 30.5. The number of hydrogen-bond donors (Lipinski definition) is 0. The van der Waals surface area contributed by atoms with E-state index in [1.165, 1.54) is 38.8 Å². The average Bonchev–Trinajstić information content (AvgIpc) is 3.05. The van der Waals surface area contributed by atoms with Gasteiger partial charge in [0.1, 0.15) is 0 Å². The van der Waals surface area contributed by atoms with Crippen molar-refractivity contribution in [2.24, 2.45) is 11.3 Å². The van der Waals surface area contributed by atoms with E-state index in [9.17, 15) is 0 Å². The van der Waals surface area contributed by atoms with Crippen molar-refractivity contribution in [3.05, 3.63) is 51.6 Å². The molecule has 3 rings (SSSR count). The zero-order valence-electron chi connectivity index (χ0n) is 20.2. The molecule has 1 heterocycles. The molecule has 3 aliphatic rings. The molecule has 4 atom stereocenters. The Morgan fingerprint density at radius 3 is 2.07 bits per heavy atom. The van der Waals surface area contributed by atoms with Crippen molar-refractivity contribution in [3.63, 3.8) is 0 Å². The summed E-state index contributed by atoms with van der Waals surface area (Å²) in [4.78, 5) is 8.22. The summed E-state index contributed by atoms with van der Waals surface area (Å²) in [6, 6.07) is 0.716. The first-order chi connectivity index (χ1) is 11.1. The molecular formula is C24H46N2SiTi. The molecule has 4 unspecified atom stereocenters. The van der Waals surface area contributed by atoms with Gasteiger partial charge in [0.15, 0.2) is 0 Å². The molecule has 1 saturated heterocycles. The number of nitrogens with zero attached hydrogens (tertiary/aromatic N) is 2. The Kier molecular flexibility index (Phi) is 12.1. The van der Waals surface area contributed by atoms with Crippen LogP contribution in [0.2, 0.25) is 18.6 Å². The van der Waals surface area contributed by atoms with Crippen molar-refractivity contribution in [3.8, 4) is 0 Å². The van der Waals surface area contributed by atoms with E-state index in [0.29, 0.717) is 11.5 Å². The van der Waals surface area contributed by atoms with Crippen LogP contribution in [0.4, 0.5) is 0 Å². The predicted octanol–water partition coefficient (Wildman–Crippen LogP) is 7.09. The third-order valence-electron chi connectivity index (χ3n) is 6.56. The van der Waals surface area contributed by atoms with Gasteiger partial charge in [-0.3, -0.25) is 4.90 Å². The second kappa shape index (κ2) is 11.1. The molecule has 1 saturated carbocycles. The molecule has 28 heavy (non-hydrogen) atoms. The molecule has 0 radical (unpaired) electrons. The average molecular weight is 439 g/mol. The zero-order chi connectivity index (χ0) is 17.6. The summed E-state index contributed by atoms with van der Waals surface area (Å²) in [5.74, 6) is 0.756. The number of likely N-dealkylation sites (tertiary alicyclic amines) is 1. The van der Waals surface area contributed by atoms with E-state index in [1.54, 1.807) is 0 Å². The van der Waals surface area contributed by atoms with Gasteiger partial charge in [-0.25, -0.2) is 0 Å². The molecule has 4 heteroatoms. The zero-order valence-corrected chi connectivity index (χ0v) is 22.7. The minimum Gasteiger partial charge on any atom is -0.660 e. The van der Waals surface area contributed by atoms with Gasteiger partial charge in [0, 0.05) is 11.5 Å². The van der Waals surface area contributed by atoms with Gasteiger partial charge in [-0.2, -0.15) is 0 Å². The molecule has 2 nitrogen and oxygen atoms in total. The molecule has 0 aromatic rings. The smallest absolute Gasteiger partial charge is 0.660 e. The van der Waals surface area contributed by atoms with Crippen molar-refractivity contribution < 1.29 is 21.7 Å². The summed E-state index contributed by atoms with van der Waals surface area (Å²) in [6.07, 6.45) is 14.9. The number of allylic oxidation sites excluding steroid dienone is 3. The summed E-state index contributed by atoms with van der Waals surface area (Å²) in [7, 11) is -1.63. The maximum absolute atomic E-state index is 5.39. The van der Waals surface area contributed by atoms with Crippen molar-refractivity contribution in [1.29, 1.82) is 0 Å². The monoisotopic (exact) mass is 438 g/mol. The van der Waals surface area contributed by atoms with E-state index in [-0.39, 0.29) is 49.5 Å². The van der Waals surface area contributed by atoms with Crippen LogP contribution >= 0.6 is 0 Å². The molecule has 0 bridgehead atoms. The SMILES string of the molecule is CC1C(N2CCCC2)C2(C=CC=CC2)CC1[Si](C)(C)[N-]C(C)(C)C.[CH3-].[CH3-].[CH3-].[Ti+4]. The molecule has 160 valence electrons. The maximum Gasteiger partial charge on any atom is 4.00 e. The van der Waals surface area contributed by atoms with Crippen LogP contribution in [0.3, 0.4) is 0 Å². The molecular weight excluding hydrogens is 392 g/mol. The van der Waals surface area contributed by atoms with Crippen LogP contribution in [-0.2, 0) is 21.7 Å². The Morgan fingerprint density at radius 2 is 1.61 bits per heavy atom. The van der Waals surface area contributed by atoms with Crippen LogP contribution in [0, 0.1) is 33.6 Å². The standard InChI is InChI=1S/C21H37N2Si.3CH3.Ti/c1-17-18(24(5,6)22-20(2,3)4)16-21(12-8-7-9-13-21)19(17)23-14-10-11-15-23;;;;/h7-9,12,17-19H,10-11,13-16H2,1-6H3;3*1H3;/q4*-1;+4.